The molecule has 1 saturated carbocycles. The Morgan fingerprint density at radius 1 is 1.00 bits per heavy atom. The predicted octanol–water partition coefficient (Wildman–Crippen LogP) is 2.61. The number of aliphatic carboxylic acids is 1. The number of hydrogen-bond acceptors (Lipinski definition) is 2. The number of piperidine rings is 1. The summed E-state index contributed by atoms with van der Waals surface area (Å²) in [5, 5.41) is 11.7. The fraction of sp³-hybridized carbons (Fsp3) is 0.857. The van der Waals surface area contributed by atoms with Crippen LogP contribution in [0.2, 0.25) is 0 Å². The molecule has 1 aliphatic heterocycles. The Morgan fingerprint density at radius 3 is 2.00 bits per heavy atom. The van der Waals surface area contributed by atoms with Crippen LogP contribution in [0.3, 0.4) is 0 Å². The van der Waals surface area contributed by atoms with E-state index in [0.29, 0.717) is 25.7 Å². The summed E-state index contributed by atoms with van der Waals surface area (Å²) in [7, 11) is 0. The molecule has 126 valence electrons. The molecule has 5 nitrogen and oxygen atoms in total. The first-order valence-corrected chi connectivity index (χ1v) is 7.62. The maximum absolute atomic E-state index is 12.6. The van der Waals surface area contributed by atoms with Gasteiger partial charge in [-0.2, -0.15) is 13.2 Å². The van der Waals surface area contributed by atoms with Crippen LogP contribution in [-0.2, 0) is 4.79 Å². The molecule has 0 aromatic heterocycles. The average molecular weight is 322 g/mol. The minimum absolute atomic E-state index is 0.0529. The lowest BCUT2D eigenvalue weighted by molar-refractivity contribution is -0.183. The van der Waals surface area contributed by atoms with Crippen molar-refractivity contribution in [2.45, 2.75) is 50.7 Å². The van der Waals surface area contributed by atoms with Crippen LogP contribution in [0.1, 0.15) is 38.5 Å². The summed E-state index contributed by atoms with van der Waals surface area (Å²) in [6, 6.07) is -0.414. The molecule has 0 atom stereocenters. The van der Waals surface area contributed by atoms with Crippen molar-refractivity contribution in [1.29, 1.82) is 0 Å². The van der Waals surface area contributed by atoms with E-state index in [0.717, 1.165) is 0 Å². The zero-order valence-electron chi connectivity index (χ0n) is 12.2. The summed E-state index contributed by atoms with van der Waals surface area (Å²) >= 11 is 0. The highest BCUT2D eigenvalue weighted by Gasteiger charge is 2.41. The number of nitrogens with zero attached hydrogens (tertiary/aromatic N) is 1. The molecule has 1 heterocycles. The largest absolute Gasteiger partial charge is 0.481 e. The molecule has 0 aromatic carbocycles. The number of carboxylic acids is 1. The SMILES string of the molecule is O=C(O)C1CCC(NC(=O)N2CCC(C(F)(F)F)CC2)CC1. The molecule has 2 aliphatic rings. The van der Waals surface area contributed by atoms with Gasteiger partial charge in [-0.1, -0.05) is 0 Å². The van der Waals surface area contributed by atoms with Crippen LogP contribution in [0.5, 0.6) is 0 Å². The Hall–Kier alpha value is -1.47. The molecule has 8 heteroatoms. The van der Waals surface area contributed by atoms with Crippen molar-refractivity contribution in [3.05, 3.63) is 0 Å². The highest BCUT2D eigenvalue weighted by atomic mass is 19.4. The van der Waals surface area contributed by atoms with Gasteiger partial charge in [-0.15, -0.1) is 0 Å². The first kappa shape index (κ1) is 16.9. The lowest BCUT2D eigenvalue weighted by atomic mass is 9.86. The second-order valence-electron chi connectivity index (χ2n) is 6.14. The van der Waals surface area contributed by atoms with Crippen LogP contribution in [0.4, 0.5) is 18.0 Å². The lowest BCUT2D eigenvalue weighted by Gasteiger charge is -2.35. The number of carbonyl (C=O) groups excluding carboxylic acids is 1. The molecule has 1 saturated heterocycles. The topological polar surface area (TPSA) is 69.6 Å². The van der Waals surface area contributed by atoms with Crippen molar-refractivity contribution in [3.63, 3.8) is 0 Å². The van der Waals surface area contributed by atoms with Gasteiger partial charge in [0.1, 0.15) is 0 Å². The molecular weight excluding hydrogens is 301 g/mol. The molecule has 0 radical (unpaired) electrons. The van der Waals surface area contributed by atoms with E-state index in [1.165, 1.54) is 4.90 Å². The van der Waals surface area contributed by atoms with Crippen LogP contribution >= 0.6 is 0 Å². The third kappa shape index (κ3) is 4.27. The quantitative estimate of drug-likeness (QED) is 0.821. The Labute approximate surface area is 126 Å². The van der Waals surface area contributed by atoms with E-state index >= 15 is 0 Å². The summed E-state index contributed by atoms with van der Waals surface area (Å²) in [5.41, 5.74) is 0. The van der Waals surface area contributed by atoms with E-state index < -0.39 is 18.1 Å². The molecule has 2 N–H and O–H groups in total. The smallest absolute Gasteiger partial charge is 0.391 e. The van der Waals surface area contributed by atoms with E-state index in [2.05, 4.69) is 5.32 Å². The minimum atomic E-state index is -4.18. The third-order valence-electron chi connectivity index (χ3n) is 4.65. The molecule has 22 heavy (non-hydrogen) atoms. The molecule has 0 bridgehead atoms. The van der Waals surface area contributed by atoms with Gasteiger partial charge in [0.05, 0.1) is 11.8 Å². The number of urea groups is 1. The number of rotatable bonds is 2. The molecular formula is C14H21F3N2O3. The number of halogens is 3. The van der Waals surface area contributed by atoms with Gasteiger partial charge in [0.2, 0.25) is 0 Å². The van der Waals surface area contributed by atoms with Gasteiger partial charge in [-0.05, 0) is 38.5 Å². The van der Waals surface area contributed by atoms with Gasteiger partial charge in [0.25, 0.3) is 0 Å². The molecule has 0 spiro atoms. The monoisotopic (exact) mass is 322 g/mol. The zero-order valence-corrected chi connectivity index (χ0v) is 12.2. The van der Waals surface area contributed by atoms with Crippen LogP contribution in [0.25, 0.3) is 0 Å². The van der Waals surface area contributed by atoms with E-state index in [1.54, 1.807) is 0 Å². The Kier molecular flexibility index (Phi) is 5.18. The number of alkyl halides is 3. The summed E-state index contributed by atoms with van der Waals surface area (Å²) in [6.07, 6.45) is -2.04. The average Bonchev–Trinajstić information content (AvgIpc) is 2.47. The summed E-state index contributed by atoms with van der Waals surface area (Å²) in [4.78, 5) is 24.3. The van der Waals surface area contributed by atoms with Gasteiger partial charge in [-0.25, -0.2) is 4.79 Å². The van der Waals surface area contributed by atoms with Gasteiger partial charge in [-0.3, -0.25) is 4.79 Å². The predicted molar refractivity (Wildman–Crippen MR) is 72.3 cm³/mol. The van der Waals surface area contributed by atoms with Gasteiger partial charge < -0.3 is 15.3 Å². The maximum atomic E-state index is 12.6. The maximum Gasteiger partial charge on any atom is 0.391 e. The van der Waals surface area contributed by atoms with Crippen LogP contribution in [0, 0.1) is 11.8 Å². The number of carbonyl (C=O) groups is 2. The van der Waals surface area contributed by atoms with Crippen LogP contribution < -0.4 is 5.32 Å². The van der Waals surface area contributed by atoms with Crippen molar-refractivity contribution in [3.8, 4) is 0 Å². The van der Waals surface area contributed by atoms with Crippen molar-refractivity contribution in [2.24, 2.45) is 11.8 Å². The Morgan fingerprint density at radius 2 is 1.55 bits per heavy atom. The van der Waals surface area contributed by atoms with Gasteiger partial charge in [0, 0.05) is 19.1 Å². The van der Waals surface area contributed by atoms with Crippen molar-refractivity contribution in [1.82, 2.24) is 10.2 Å². The highest BCUT2D eigenvalue weighted by molar-refractivity contribution is 5.74. The Balaban J connectivity index is 1.74. The second-order valence-corrected chi connectivity index (χ2v) is 6.14. The summed E-state index contributed by atoms with van der Waals surface area (Å²) in [6.45, 7) is 0.223. The van der Waals surface area contributed by atoms with E-state index in [-0.39, 0.29) is 43.9 Å². The lowest BCUT2D eigenvalue weighted by Crippen LogP contribution is -2.50. The molecule has 1 aliphatic carbocycles. The zero-order chi connectivity index (χ0) is 16.3. The minimum Gasteiger partial charge on any atom is -0.481 e. The number of nitrogens with one attached hydrogen (secondary N) is 1. The fourth-order valence-corrected chi connectivity index (χ4v) is 3.16. The van der Waals surface area contributed by atoms with E-state index in [4.69, 9.17) is 5.11 Å². The van der Waals surface area contributed by atoms with Gasteiger partial charge >= 0.3 is 18.2 Å². The molecule has 0 unspecified atom stereocenters. The third-order valence-corrected chi connectivity index (χ3v) is 4.65. The standard InChI is InChI=1S/C14H21F3N2O3/c15-14(16,17)10-5-7-19(8-6-10)13(22)18-11-3-1-9(2-4-11)12(20)21/h9-11H,1-8H2,(H,18,22)(H,20,21). The van der Waals surface area contributed by atoms with E-state index in [9.17, 15) is 22.8 Å². The first-order chi connectivity index (χ1) is 10.3. The highest BCUT2D eigenvalue weighted by Crippen LogP contribution is 2.34. The number of likely N-dealkylation sites (tertiary alicyclic amines) is 1. The van der Waals surface area contributed by atoms with E-state index in [1.807, 2.05) is 0 Å². The molecule has 2 amide bonds. The molecule has 2 fully saturated rings. The normalized spacial score (nSPS) is 27.5. The molecule has 2 rings (SSSR count). The number of hydrogen-bond donors (Lipinski definition) is 2. The number of carboxylic acid groups (broad SMARTS) is 1. The summed E-state index contributed by atoms with van der Waals surface area (Å²) < 4.78 is 37.7. The van der Waals surface area contributed by atoms with Crippen molar-refractivity contribution < 1.29 is 27.9 Å². The number of amides is 2. The van der Waals surface area contributed by atoms with Crippen LogP contribution in [0.15, 0.2) is 0 Å². The van der Waals surface area contributed by atoms with Crippen molar-refractivity contribution >= 4 is 12.0 Å². The Bertz CT molecular complexity index is 412. The van der Waals surface area contributed by atoms with Crippen molar-refractivity contribution in [2.75, 3.05) is 13.1 Å². The van der Waals surface area contributed by atoms with Gasteiger partial charge in [0.15, 0.2) is 0 Å². The summed E-state index contributed by atoms with van der Waals surface area (Å²) in [5.74, 6) is -2.47. The molecule has 0 aromatic rings. The first-order valence-electron chi connectivity index (χ1n) is 7.62. The fourth-order valence-electron chi connectivity index (χ4n) is 3.16. The second kappa shape index (κ2) is 6.75. The van der Waals surface area contributed by atoms with Crippen LogP contribution in [-0.4, -0.2) is 47.3 Å².